The molecule has 10 heteroatoms. The smallest absolute Gasteiger partial charge is 0.250 e. The Morgan fingerprint density at radius 2 is 1.92 bits per heavy atom. The molecule has 2 aromatic carbocycles. The molecule has 10 nitrogen and oxygen atoms in total. The van der Waals surface area contributed by atoms with Crippen LogP contribution in [0.4, 0.5) is 23.0 Å². The summed E-state index contributed by atoms with van der Waals surface area (Å²) in [5.74, 6) is 0.517. The van der Waals surface area contributed by atoms with Crippen LogP contribution in [0, 0.1) is 0 Å². The summed E-state index contributed by atoms with van der Waals surface area (Å²) < 4.78 is 7.83. The molecule has 0 unspecified atom stereocenters. The van der Waals surface area contributed by atoms with Crippen LogP contribution in [0.5, 0.6) is 5.75 Å². The molecule has 0 spiro atoms. The van der Waals surface area contributed by atoms with Crippen molar-refractivity contribution in [2.45, 2.75) is 18.9 Å². The minimum absolute atomic E-state index is 0.401. The van der Waals surface area contributed by atoms with E-state index in [4.69, 9.17) is 9.72 Å². The Hall–Kier alpha value is -4.15. The average molecular weight is 530 g/mol. The van der Waals surface area contributed by atoms with E-state index in [2.05, 4.69) is 62.4 Å². The number of rotatable bonds is 8. The Bertz CT molecular complexity index is 1480. The zero-order chi connectivity index (χ0) is 27.5. The van der Waals surface area contributed by atoms with Crippen LogP contribution in [0.15, 0.2) is 54.9 Å². The summed E-state index contributed by atoms with van der Waals surface area (Å²) in [7, 11) is 7.84. The first-order chi connectivity index (χ1) is 18.9. The van der Waals surface area contributed by atoms with Crippen LogP contribution in [0.25, 0.3) is 22.2 Å². The zero-order valence-electron chi connectivity index (χ0n) is 22.8. The van der Waals surface area contributed by atoms with Gasteiger partial charge in [-0.3, -0.25) is 4.79 Å². The SMILES string of the molecule is COc1cc(N2CCC(N(C)C)CC2)c(NC(=O)CO)cc1Nc1nccc(-c2cn(C)c3ccccc23)n1. The summed E-state index contributed by atoms with van der Waals surface area (Å²) in [6, 6.07) is 14.3. The lowest BCUT2D eigenvalue weighted by molar-refractivity contribution is -0.118. The highest BCUT2D eigenvalue weighted by molar-refractivity contribution is 5.97. The molecule has 3 N–H and O–H groups in total. The van der Waals surface area contributed by atoms with Gasteiger partial charge in [0.1, 0.15) is 12.4 Å². The molecule has 3 heterocycles. The molecule has 39 heavy (non-hydrogen) atoms. The number of hydrogen-bond acceptors (Lipinski definition) is 8. The van der Waals surface area contributed by atoms with Gasteiger partial charge in [0, 0.05) is 61.1 Å². The molecule has 0 radical (unpaired) electrons. The lowest BCUT2D eigenvalue weighted by Crippen LogP contribution is -2.42. The van der Waals surface area contributed by atoms with Crippen LogP contribution in [0.1, 0.15) is 12.8 Å². The molecule has 1 aliphatic rings. The number of carbonyl (C=O) groups excluding carboxylic acids is 1. The van der Waals surface area contributed by atoms with Gasteiger partial charge in [0.2, 0.25) is 11.9 Å². The van der Waals surface area contributed by atoms with Crippen LogP contribution in [0.3, 0.4) is 0 Å². The normalized spacial score (nSPS) is 14.2. The lowest BCUT2D eigenvalue weighted by atomic mass is 10.0. The van der Waals surface area contributed by atoms with Crippen molar-refractivity contribution in [2.24, 2.45) is 7.05 Å². The van der Waals surface area contributed by atoms with E-state index in [1.54, 1.807) is 13.3 Å². The predicted molar refractivity (Wildman–Crippen MR) is 155 cm³/mol. The predicted octanol–water partition coefficient (Wildman–Crippen LogP) is 3.85. The van der Waals surface area contributed by atoms with Gasteiger partial charge in [-0.15, -0.1) is 0 Å². The number of fused-ring (bicyclic) bond motifs is 1. The number of aryl methyl sites for hydroxylation is 1. The maximum Gasteiger partial charge on any atom is 0.250 e. The second kappa shape index (κ2) is 11.3. The first kappa shape index (κ1) is 26.5. The molecule has 1 fully saturated rings. The molecule has 5 rings (SSSR count). The van der Waals surface area contributed by atoms with E-state index in [1.165, 1.54) is 0 Å². The Morgan fingerprint density at radius 1 is 1.15 bits per heavy atom. The third-order valence-corrected chi connectivity index (χ3v) is 7.35. The zero-order valence-corrected chi connectivity index (χ0v) is 22.8. The number of aliphatic hydroxyl groups excluding tert-OH is 1. The molecule has 1 saturated heterocycles. The van der Waals surface area contributed by atoms with Crippen LogP contribution in [0.2, 0.25) is 0 Å². The van der Waals surface area contributed by atoms with Crippen molar-refractivity contribution in [3.05, 3.63) is 54.9 Å². The number of methoxy groups -OCH3 is 1. The average Bonchev–Trinajstić information content (AvgIpc) is 3.30. The molecular weight excluding hydrogens is 494 g/mol. The number of nitrogens with zero attached hydrogens (tertiary/aromatic N) is 5. The van der Waals surface area contributed by atoms with Crippen molar-refractivity contribution in [1.29, 1.82) is 0 Å². The Balaban J connectivity index is 1.48. The van der Waals surface area contributed by atoms with Crippen molar-refractivity contribution < 1.29 is 14.6 Å². The van der Waals surface area contributed by atoms with Crippen molar-refractivity contribution in [3.8, 4) is 17.0 Å². The van der Waals surface area contributed by atoms with Gasteiger partial charge in [-0.25, -0.2) is 9.97 Å². The molecular formula is C29H35N7O3. The number of ether oxygens (including phenoxy) is 1. The summed E-state index contributed by atoms with van der Waals surface area (Å²) >= 11 is 0. The molecule has 1 amide bonds. The highest BCUT2D eigenvalue weighted by Gasteiger charge is 2.24. The van der Waals surface area contributed by atoms with Gasteiger partial charge in [-0.1, -0.05) is 18.2 Å². The maximum absolute atomic E-state index is 12.2. The summed E-state index contributed by atoms with van der Waals surface area (Å²) in [5.41, 5.74) is 4.97. The van der Waals surface area contributed by atoms with E-state index in [0.29, 0.717) is 29.1 Å². The lowest BCUT2D eigenvalue weighted by Gasteiger charge is -2.37. The first-order valence-electron chi connectivity index (χ1n) is 13.1. The van der Waals surface area contributed by atoms with E-state index in [-0.39, 0.29) is 0 Å². The Kier molecular flexibility index (Phi) is 7.67. The number of benzene rings is 2. The third-order valence-electron chi connectivity index (χ3n) is 7.35. The number of hydrogen-bond donors (Lipinski definition) is 3. The second-order valence-electron chi connectivity index (χ2n) is 10.0. The summed E-state index contributed by atoms with van der Waals surface area (Å²) in [5, 5.41) is 16.7. The fourth-order valence-electron chi connectivity index (χ4n) is 5.25. The maximum atomic E-state index is 12.2. The van der Waals surface area contributed by atoms with Crippen molar-refractivity contribution in [1.82, 2.24) is 19.4 Å². The second-order valence-corrected chi connectivity index (χ2v) is 10.0. The van der Waals surface area contributed by atoms with Crippen LogP contribution in [-0.4, -0.2) is 77.4 Å². The molecule has 0 aliphatic carbocycles. The highest BCUT2D eigenvalue weighted by atomic mass is 16.5. The van der Waals surface area contributed by atoms with E-state index < -0.39 is 12.5 Å². The summed E-state index contributed by atoms with van der Waals surface area (Å²) in [4.78, 5) is 26.0. The minimum atomic E-state index is -0.604. The highest BCUT2D eigenvalue weighted by Crippen LogP contribution is 2.39. The number of piperidine rings is 1. The number of para-hydroxylation sites is 1. The number of amides is 1. The van der Waals surface area contributed by atoms with Crippen LogP contribution >= 0.6 is 0 Å². The van der Waals surface area contributed by atoms with E-state index in [9.17, 15) is 9.90 Å². The van der Waals surface area contributed by atoms with Crippen LogP contribution < -0.4 is 20.3 Å². The standard InChI is InChI=1S/C29H35N7O3/c1-34(2)19-10-13-36(14-11-19)26-16-27(39-4)24(15-23(26)31-28(38)18-37)33-29-30-12-9-22(32-29)21-17-35(3)25-8-6-5-7-20(21)25/h5-9,12,15-17,19,37H,10-11,13-14,18H2,1-4H3,(H,31,38)(H,30,32,33). The minimum Gasteiger partial charge on any atom is -0.494 e. The van der Waals surface area contributed by atoms with Crippen molar-refractivity contribution >= 4 is 39.8 Å². The summed E-state index contributed by atoms with van der Waals surface area (Å²) in [6.07, 6.45) is 5.81. The Labute approximate surface area is 228 Å². The van der Waals surface area contributed by atoms with Crippen LogP contribution in [-0.2, 0) is 11.8 Å². The van der Waals surface area contributed by atoms with Gasteiger partial charge in [-0.05, 0) is 45.1 Å². The van der Waals surface area contributed by atoms with Gasteiger partial charge < -0.3 is 34.8 Å². The van der Waals surface area contributed by atoms with Crippen molar-refractivity contribution in [2.75, 3.05) is 56.4 Å². The number of carbonyl (C=O) groups is 1. The number of aromatic nitrogens is 3. The van der Waals surface area contributed by atoms with Gasteiger partial charge in [0.15, 0.2) is 0 Å². The number of aliphatic hydroxyl groups is 1. The fraction of sp³-hybridized carbons (Fsp3) is 0.345. The third kappa shape index (κ3) is 5.52. The summed E-state index contributed by atoms with van der Waals surface area (Å²) in [6.45, 7) is 1.08. The number of nitrogens with one attached hydrogen (secondary N) is 2. The van der Waals surface area contributed by atoms with Gasteiger partial charge in [-0.2, -0.15) is 0 Å². The molecule has 4 aromatic rings. The molecule has 204 valence electrons. The molecule has 0 saturated carbocycles. The largest absolute Gasteiger partial charge is 0.494 e. The monoisotopic (exact) mass is 529 g/mol. The Morgan fingerprint density at radius 3 is 2.64 bits per heavy atom. The van der Waals surface area contributed by atoms with Gasteiger partial charge >= 0.3 is 0 Å². The molecule has 1 aliphatic heterocycles. The number of anilines is 4. The molecule has 0 atom stereocenters. The fourth-order valence-corrected chi connectivity index (χ4v) is 5.25. The molecule has 0 bridgehead atoms. The van der Waals surface area contributed by atoms with E-state index >= 15 is 0 Å². The van der Waals surface area contributed by atoms with Gasteiger partial charge in [0.25, 0.3) is 0 Å². The topological polar surface area (TPSA) is 108 Å². The van der Waals surface area contributed by atoms with E-state index in [0.717, 1.165) is 53.8 Å². The molecule has 2 aromatic heterocycles. The van der Waals surface area contributed by atoms with Crippen molar-refractivity contribution in [3.63, 3.8) is 0 Å². The quantitative estimate of drug-likeness (QED) is 0.316. The van der Waals surface area contributed by atoms with E-state index in [1.807, 2.05) is 37.4 Å². The van der Waals surface area contributed by atoms with Gasteiger partial charge in [0.05, 0.1) is 29.9 Å². The first-order valence-corrected chi connectivity index (χ1v) is 13.1.